The highest BCUT2D eigenvalue weighted by Crippen LogP contribution is 2.19. The first-order valence-electron chi connectivity index (χ1n) is 5.38. The highest BCUT2D eigenvalue weighted by Gasteiger charge is 2.13. The molecule has 0 saturated heterocycles. The molecule has 1 N–H and O–H groups in total. The zero-order valence-corrected chi connectivity index (χ0v) is 9.32. The van der Waals surface area contributed by atoms with Crippen molar-refractivity contribution in [3.8, 4) is 5.69 Å². The van der Waals surface area contributed by atoms with Crippen LogP contribution < -0.4 is 0 Å². The van der Waals surface area contributed by atoms with Crippen LogP contribution in [0.25, 0.3) is 16.9 Å². The van der Waals surface area contributed by atoms with E-state index in [9.17, 15) is 9.90 Å². The first-order valence-corrected chi connectivity index (χ1v) is 5.38. The van der Waals surface area contributed by atoms with Crippen molar-refractivity contribution < 1.29 is 9.90 Å². The van der Waals surface area contributed by atoms with Crippen molar-refractivity contribution in [1.82, 2.24) is 14.5 Å². The van der Waals surface area contributed by atoms with Gasteiger partial charge >= 0.3 is 5.97 Å². The summed E-state index contributed by atoms with van der Waals surface area (Å²) >= 11 is 0. The van der Waals surface area contributed by atoms with Crippen molar-refractivity contribution >= 4 is 17.1 Å². The number of aromatic nitrogens is 3. The van der Waals surface area contributed by atoms with Gasteiger partial charge in [0.1, 0.15) is 11.8 Å². The Balaban J connectivity index is 2.30. The molecule has 0 atom stereocenters. The third kappa shape index (κ3) is 1.53. The summed E-state index contributed by atoms with van der Waals surface area (Å²) in [5.74, 6) is -0.969. The molecule has 18 heavy (non-hydrogen) atoms. The van der Waals surface area contributed by atoms with Crippen molar-refractivity contribution in [3.63, 3.8) is 0 Å². The third-order valence-corrected chi connectivity index (χ3v) is 2.70. The van der Waals surface area contributed by atoms with Crippen LogP contribution in [0.3, 0.4) is 0 Å². The Morgan fingerprint density at radius 1 is 1.11 bits per heavy atom. The van der Waals surface area contributed by atoms with Crippen LogP contribution in [0, 0.1) is 0 Å². The Bertz CT molecular complexity index is 734. The molecule has 0 fully saturated rings. The molecule has 0 radical (unpaired) electrons. The average molecular weight is 239 g/mol. The number of hydrogen-bond acceptors (Lipinski definition) is 3. The Hall–Kier alpha value is -2.69. The number of carboxylic acids is 1. The van der Waals surface area contributed by atoms with E-state index < -0.39 is 5.97 Å². The Kier molecular flexibility index (Phi) is 2.30. The molecule has 0 saturated carbocycles. The van der Waals surface area contributed by atoms with E-state index >= 15 is 0 Å². The summed E-state index contributed by atoms with van der Waals surface area (Å²) in [6.45, 7) is 0. The Morgan fingerprint density at radius 3 is 2.78 bits per heavy atom. The van der Waals surface area contributed by atoms with Crippen LogP contribution in [-0.4, -0.2) is 25.6 Å². The standard InChI is InChI=1S/C13H9N3O2/c17-13(18)9-4-1-2-6-11(9)16-8-15-10-5-3-7-14-12(10)16/h1-8H,(H,17,18). The van der Waals surface area contributed by atoms with Gasteiger partial charge in [0.25, 0.3) is 0 Å². The summed E-state index contributed by atoms with van der Waals surface area (Å²) in [7, 11) is 0. The Labute approximate surface area is 102 Å². The van der Waals surface area contributed by atoms with Gasteiger partial charge in [0.15, 0.2) is 5.65 Å². The van der Waals surface area contributed by atoms with E-state index in [0.29, 0.717) is 11.3 Å². The lowest BCUT2D eigenvalue weighted by molar-refractivity contribution is 0.0697. The van der Waals surface area contributed by atoms with Crippen molar-refractivity contribution in [3.05, 3.63) is 54.5 Å². The molecular weight excluding hydrogens is 230 g/mol. The van der Waals surface area contributed by atoms with Crippen molar-refractivity contribution in [2.75, 3.05) is 0 Å². The van der Waals surface area contributed by atoms with Gasteiger partial charge in [-0.2, -0.15) is 0 Å². The molecule has 5 heteroatoms. The fraction of sp³-hybridized carbons (Fsp3) is 0. The molecule has 0 bridgehead atoms. The predicted molar refractivity (Wildman–Crippen MR) is 65.8 cm³/mol. The van der Waals surface area contributed by atoms with E-state index in [0.717, 1.165) is 5.52 Å². The number of rotatable bonds is 2. The summed E-state index contributed by atoms with van der Waals surface area (Å²) < 4.78 is 1.68. The molecule has 88 valence electrons. The molecule has 0 aliphatic carbocycles. The molecule has 0 unspecified atom stereocenters. The second-order valence-electron chi connectivity index (χ2n) is 3.78. The quantitative estimate of drug-likeness (QED) is 0.743. The van der Waals surface area contributed by atoms with Crippen LogP contribution in [0.5, 0.6) is 0 Å². The Morgan fingerprint density at radius 2 is 1.94 bits per heavy atom. The van der Waals surface area contributed by atoms with Crippen LogP contribution >= 0.6 is 0 Å². The summed E-state index contributed by atoms with van der Waals surface area (Å²) in [6.07, 6.45) is 3.24. The minimum Gasteiger partial charge on any atom is -0.478 e. The minimum atomic E-state index is -0.969. The number of carboxylic acid groups (broad SMARTS) is 1. The van der Waals surface area contributed by atoms with Gasteiger partial charge in [0.05, 0.1) is 11.3 Å². The smallest absolute Gasteiger partial charge is 0.337 e. The zero-order valence-electron chi connectivity index (χ0n) is 9.32. The lowest BCUT2D eigenvalue weighted by Crippen LogP contribution is -2.04. The number of carbonyl (C=O) groups is 1. The van der Waals surface area contributed by atoms with E-state index in [4.69, 9.17) is 0 Å². The van der Waals surface area contributed by atoms with Gasteiger partial charge in [-0.3, -0.25) is 4.57 Å². The van der Waals surface area contributed by atoms with Crippen LogP contribution in [0.2, 0.25) is 0 Å². The first kappa shape index (κ1) is 10.5. The van der Waals surface area contributed by atoms with Crippen LogP contribution in [0.15, 0.2) is 48.9 Å². The fourth-order valence-corrected chi connectivity index (χ4v) is 1.89. The number of hydrogen-bond donors (Lipinski definition) is 1. The highest BCUT2D eigenvalue weighted by atomic mass is 16.4. The van der Waals surface area contributed by atoms with Gasteiger partial charge < -0.3 is 5.11 Å². The van der Waals surface area contributed by atoms with Crippen LogP contribution in [0.4, 0.5) is 0 Å². The minimum absolute atomic E-state index is 0.224. The summed E-state index contributed by atoms with van der Waals surface area (Å²) in [4.78, 5) is 19.6. The van der Waals surface area contributed by atoms with Crippen molar-refractivity contribution in [2.24, 2.45) is 0 Å². The number of aromatic carboxylic acids is 1. The average Bonchev–Trinajstić information content (AvgIpc) is 2.82. The van der Waals surface area contributed by atoms with Gasteiger partial charge in [0, 0.05) is 6.20 Å². The molecule has 1 aromatic carbocycles. The van der Waals surface area contributed by atoms with Gasteiger partial charge in [-0.1, -0.05) is 12.1 Å². The van der Waals surface area contributed by atoms with E-state index in [1.165, 1.54) is 0 Å². The number of nitrogens with zero attached hydrogens (tertiary/aromatic N) is 3. The van der Waals surface area contributed by atoms with Gasteiger partial charge in [-0.05, 0) is 24.3 Å². The van der Waals surface area contributed by atoms with Crippen molar-refractivity contribution in [1.29, 1.82) is 0 Å². The molecule has 3 rings (SSSR count). The molecule has 3 aromatic rings. The summed E-state index contributed by atoms with van der Waals surface area (Å²) in [5, 5.41) is 9.18. The maximum absolute atomic E-state index is 11.2. The second kappa shape index (κ2) is 3.96. The van der Waals surface area contributed by atoms with Crippen molar-refractivity contribution in [2.45, 2.75) is 0 Å². The maximum Gasteiger partial charge on any atom is 0.337 e. The van der Waals surface area contributed by atoms with Gasteiger partial charge in [0.2, 0.25) is 0 Å². The topological polar surface area (TPSA) is 68.0 Å². The van der Waals surface area contributed by atoms with E-state index in [1.54, 1.807) is 47.4 Å². The molecule has 0 spiro atoms. The largest absolute Gasteiger partial charge is 0.478 e. The van der Waals surface area contributed by atoms with E-state index in [1.807, 2.05) is 6.07 Å². The molecule has 2 heterocycles. The lowest BCUT2D eigenvalue weighted by Gasteiger charge is -2.06. The second-order valence-corrected chi connectivity index (χ2v) is 3.78. The highest BCUT2D eigenvalue weighted by molar-refractivity contribution is 5.92. The molecule has 5 nitrogen and oxygen atoms in total. The normalized spacial score (nSPS) is 10.7. The number of fused-ring (bicyclic) bond motifs is 1. The molecular formula is C13H9N3O2. The van der Waals surface area contributed by atoms with Gasteiger partial charge in [-0.25, -0.2) is 14.8 Å². The molecule has 0 aliphatic heterocycles. The lowest BCUT2D eigenvalue weighted by atomic mass is 10.2. The number of para-hydroxylation sites is 1. The third-order valence-electron chi connectivity index (χ3n) is 2.70. The van der Waals surface area contributed by atoms with Gasteiger partial charge in [-0.15, -0.1) is 0 Å². The number of pyridine rings is 1. The van der Waals surface area contributed by atoms with E-state index in [2.05, 4.69) is 9.97 Å². The fourth-order valence-electron chi connectivity index (χ4n) is 1.89. The molecule has 0 aliphatic rings. The summed E-state index contributed by atoms with van der Waals surface area (Å²) in [5.41, 5.74) is 2.16. The SMILES string of the molecule is O=C(O)c1ccccc1-n1cnc2cccnc21. The maximum atomic E-state index is 11.2. The van der Waals surface area contributed by atoms with Crippen LogP contribution in [-0.2, 0) is 0 Å². The van der Waals surface area contributed by atoms with Crippen LogP contribution in [0.1, 0.15) is 10.4 Å². The molecule has 2 aromatic heterocycles. The number of imidazole rings is 1. The summed E-state index contributed by atoms with van der Waals surface area (Å²) in [6, 6.07) is 10.4. The first-order chi connectivity index (χ1) is 8.77. The molecule has 0 amide bonds. The number of benzene rings is 1. The van der Waals surface area contributed by atoms with E-state index in [-0.39, 0.29) is 5.56 Å². The zero-order chi connectivity index (χ0) is 12.5. The predicted octanol–water partition coefficient (Wildman–Crippen LogP) is 2.12. The monoisotopic (exact) mass is 239 g/mol.